The number of nitrogens with one attached hydrogen (secondary N) is 2. The summed E-state index contributed by atoms with van der Waals surface area (Å²) in [6.45, 7) is 3.53. The summed E-state index contributed by atoms with van der Waals surface area (Å²) in [6.07, 6.45) is 6.81. The van der Waals surface area contributed by atoms with E-state index in [9.17, 15) is 9.59 Å². The van der Waals surface area contributed by atoms with E-state index in [0.29, 0.717) is 43.3 Å². The van der Waals surface area contributed by atoms with E-state index in [2.05, 4.69) is 10.3 Å². The summed E-state index contributed by atoms with van der Waals surface area (Å²) in [5, 5.41) is 4.57. The number of allylic oxidation sites excluding steroid dienone is 1. The largest absolute Gasteiger partial charge is 0.450 e. The van der Waals surface area contributed by atoms with Crippen molar-refractivity contribution in [3.8, 4) is 0 Å². The summed E-state index contributed by atoms with van der Waals surface area (Å²) in [6, 6.07) is 5.59. The number of rotatable bonds is 5. The first-order valence-corrected chi connectivity index (χ1v) is 11.0. The Balaban J connectivity index is 1.67. The van der Waals surface area contributed by atoms with Crippen LogP contribution in [0.2, 0.25) is 5.02 Å². The summed E-state index contributed by atoms with van der Waals surface area (Å²) >= 11 is 6.24. The van der Waals surface area contributed by atoms with Crippen LogP contribution in [-0.4, -0.2) is 48.1 Å². The van der Waals surface area contributed by atoms with E-state index in [1.165, 1.54) is 5.56 Å². The van der Waals surface area contributed by atoms with Gasteiger partial charge >= 0.3 is 6.09 Å². The number of nitrogens with zero attached hydrogens (tertiary/aromatic N) is 1. The normalized spacial score (nSPS) is 20.4. The lowest BCUT2D eigenvalue weighted by Crippen LogP contribution is -2.43. The predicted octanol–water partition coefficient (Wildman–Crippen LogP) is 3.45. The highest BCUT2D eigenvalue weighted by Gasteiger charge is 2.38. The smallest absolute Gasteiger partial charge is 0.410 e. The highest BCUT2D eigenvalue weighted by molar-refractivity contribution is 6.31. The van der Waals surface area contributed by atoms with Crippen molar-refractivity contribution in [3.05, 3.63) is 58.3 Å². The fraction of sp³-hybridized carbons (Fsp3) is 0.391. The molecule has 1 aromatic heterocycles. The second-order valence-electron chi connectivity index (χ2n) is 7.76. The third-order valence-electron chi connectivity index (χ3n) is 5.87. The van der Waals surface area contributed by atoms with Gasteiger partial charge in [0.25, 0.3) is 5.91 Å². The van der Waals surface area contributed by atoms with Crippen LogP contribution >= 0.6 is 11.6 Å². The lowest BCUT2D eigenvalue weighted by atomic mass is 9.83. The maximum atomic E-state index is 12.8. The molecule has 0 saturated heterocycles. The van der Waals surface area contributed by atoms with Crippen LogP contribution in [0.1, 0.15) is 30.6 Å². The first kappa shape index (κ1) is 21.5. The molecule has 2 heterocycles. The Kier molecular flexibility index (Phi) is 6.34. The van der Waals surface area contributed by atoms with E-state index in [0.717, 1.165) is 23.0 Å². The molecule has 1 aliphatic heterocycles. The summed E-state index contributed by atoms with van der Waals surface area (Å²) in [4.78, 5) is 30.4. The molecule has 2 aliphatic rings. The van der Waals surface area contributed by atoms with Crippen molar-refractivity contribution in [1.29, 1.82) is 0 Å². The molecule has 1 aromatic carbocycles. The molecular weight excluding hydrogens is 416 g/mol. The summed E-state index contributed by atoms with van der Waals surface area (Å²) in [5.41, 5.74) is 9.28. The van der Waals surface area contributed by atoms with Crippen LogP contribution in [0.5, 0.6) is 0 Å². The Hall–Kier alpha value is -2.77. The lowest BCUT2D eigenvalue weighted by Gasteiger charge is -2.39. The number of aromatic nitrogens is 1. The molecule has 0 fully saturated rings. The molecule has 0 radical (unpaired) electrons. The topological polar surface area (TPSA) is 100 Å². The molecule has 2 atom stereocenters. The number of carbonyl (C=O) groups excluding carboxylic acids is 2. The predicted molar refractivity (Wildman–Crippen MR) is 121 cm³/mol. The molecule has 2 aromatic rings. The van der Waals surface area contributed by atoms with E-state index < -0.39 is 0 Å². The third-order valence-corrected chi connectivity index (χ3v) is 6.10. The van der Waals surface area contributed by atoms with Gasteiger partial charge < -0.3 is 20.8 Å². The average molecular weight is 443 g/mol. The summed E-state index contributed by atoms with van der Waals surface area (Å²) < 4.78 is 5.35. The lowest BCUT2D eigenvalue weighted by molar-refractivity contribution is -0.117. The SMILES string of the molecule is CCOC(=O)N1CCc2c([nH]c3ccc(Cl)cc23)C1C1C=CC(C(=O)NCCN)=CC1. The Morgan fingerprint density at radius 3 is 2.94 bits per heavy atom. The summed E-state index contributed by atoms with van der Waals surface area (Å²) in [7, 11) is 0. The Morgan fingerprint density at radius 2 is 2.23 bits per heavy atom. The van der Waals surface area contributed by atoms with Gasteiger partial charge in [0.2, 0.25) is 0 Å². The molecule has 1 aliphatic carbocycles. The van der Waals surface area contributed by atoms with Crippen molar-refractivity contribution in [2.24, 2.45) is 11.7 Å². The highest BCUT2D eigenvalue weighted by Crippen LogP contribution is 2.42. The number of hydrogen-bond donors (Lipinski definition) is 3. The highest BCUT2D eigenvalue weighted by atomic mass is 35.5. The Morgan fingerprint density at radius 1 is 1.39 bits per heavy atom. The second-order valence-corrected chi connectivity index (χ2v) is 8.19. The maximum Gasteiger partial charge on any atom is 0.410 e. The van der Waals surface area contributed by atoms with Gasteiger partial charge in [-0.25, -0.2) is 4.79 Å². The monoisotopic (exact) mass is 442 g/mol. The van der Waals surface area contributed by atoms with Gasteiger partial charge in [-0.2, -0.15) is 0 Å². The van der Waals surface area contributed by atoms with Gasteiger partial charge in [-0.05, 0) is 43.5 Å². The zero-order chi connectivity index (χ0) is 22.0. The van der Waals surface area contributed by atoms with Crippen molar-refractivity contribution in [2.75, 3.05) is 26.2 Å². The van der Waals surface area contributed by atoms with Crippen molar-refractivity contribution >= 4 is 34.5 Å². The summed E-state index contributed by atoms with van der Waals surface area (Å²) in [5.74, 6) is -0.120. The average Bonchev–Trinajstić information content (AvgIpc) is 3.15. The second kappa shape index (κ2) is 9.16. The van der Waals surface area contributed by atoms with Gasteiger partial charge in [-0.15, -0.1) is 0 Å². The number of halogens is 1. The van der Waals surface area contributed by atoms with Crippen LogP contribution in [0.25, 0.3) is 10.9 Å². The number of hydrogen-bond acceptors (Lipinski definition) is 4. The van der Waals surface area contributed by atoms with E-state index >= 15 is 0 Å². The van der Waals surface area contributed by atoms with E-state index in [1.54, 1.807) is 4.90 Å². The number of benzene rings is 1. The Bertz CT molecular complexity index is 1060. The molecule has 31 heavy (non-hydrogen) atoms. The van der Waals surface area contributed by atoms with E-state index in [1.807, 2.05) is 43.4 Å². The van der Waals surface area contributed by atoms with Crippen LogP contribution in [0.4, 0.5) is 4.79 Å². The minimum absolute atomic E-state index is 0.0121. The minimum Gasteiger partial charge on any atom is -0.450 e. The van der Waals surface area contributed by atoms with Crippen LogP contribution in [0.15, 0.2) is 42.0 Å². The molecule has 0 spiro atoms. The van der Waals surface area contributed by atoms with Gasteiger partial charge in [0.1, 0.15) is 0 Å². The molecule has 2 amide bonds. The molecule has 4 rings (SSSR count). The molecule has 8 heteroatoms. The Labute approximate surface area is 186 Å². The number of fused-ring (bicyclic) bond motifs is 3. The number of carbonyl (C=O) groups is 2. The number of amides is 2. The number of H-pyrrole nitrogens is 1. The molecule has 0 saturated carbocycles. The van der Waals surface area contributed by atoms with Crippen molar-refractivity contribution in [1.82, 2.24) is 15.2 Å². The zero-order valence-electron chi connectivity index (χ0n) is 17.5. The molecule has 0 bridgehead atoms. The standard InChI is InChI=1S/C23H27ClN4O3/c1-2-31-23(30)28-12-9-17-18-13-16(24)7-8-19(18)27-20(17)21(28)14-3-5-15(6-4-14)22(29)26-11-10-25/h3,5-8,13-14,21,27H,2,4,9-12,25H2,1H3,(H,26,29). The van der Waals surface area contributed by atoms with Gasteiger partial charge in [0, 0.05) is 52.7 Å². The van der Waals surface area contributed by atoms with Crippen molar-refractivity contribution in [3.63, 3.8) is 0 Å². The number of aromatic amines is 1. The molecular formula is C23H27ClN4O3. The van der Waals surface area contributed by atoms with Gasteiger partial charge in [-0.1, -0.05) is 29.8 Å². The van der Waals surface area contributed by atoms with Crippen molar-refractivity contribution in [2.45, 2.75) is 25.8 Å². The fourth-order valence-electron chi connectivity index (χ4n) is 4.47. The third kappa shape index (κ3) is 4.20. The zero-order valence-corrected chi connectivity index (χ0v) is 18.2. The maximum absolute atomic E-state index is 12.8. The molecule has 7 nitrogen and oxygen atoms in total. The van der Waals surface area contributed by atoms with Crippen LogP contribution in [0.3, 0.4) is 0 Å². The number of nitrogens with two attached hydrogens (primary N) is 1. The molecule has 2 unspecified atom stereocenters. The molecule has 4 N–H and O–H groups in total. The number of ether oxygens (including phenoxy) is 1. The van der Waals surface area contributed by atoms with Crippen LogP contribution < -0.4 is 11.1 Å². The molecule has 164 valence electrons. The first-order chi connectivity index (χ1) is 15.0. The van der Waals surface area contributed by atoms with Crippen LogP contribution in [-0.2, 0) is 16.0 Å². The first-order valence-electron chi connectivity index (χ1n) is 10.6. The fourth-order valence-corrected chi connectivity index (χ4v) is 4.65. The van der Waals surface area contributed by atoms with E-state index in [-0.39, 0.29) is 24.0 Å². The van der Waals surface area contributed by atoms with Crippen LogP contribution in [0, 0.1) is 5.92 Å². The quantitative estimate of drug-likeness (QED) is 0.660. The van der Waals surface area contributed by atoms with Gasteiger partial charge in [0.05, 0.1) is 12.6 Å². The van der Waals surface area contributed by atoms with Gasteiger partial charge in [-0.3, -0.25) is 9.69 Å². The van der Waals surface area contributed by atoms with Crippen molar-refractivity contribution < 1.29 is 14.3 Å². The van der Waals surface area contributed by atoms with E-state index in [4.69, 9.17) is 22.1 Å². The van der Waals surface area contributed by atoms with Gasteiger partial charge in [0.15, 0.2) is 0 Å². The minimum atomic E-state index is -0.321.